The Labute approximate surface area is 144 Å². The monoisotopic (exact) mass is 366 g/mol. The molecule has 3 aromatic rings. The van der Waals surface area contributed by atoms with E-state index >= 15 is 0 Å². The quantitative estimate of drug-likeness (QED) is 0.735. The highest BCUT2D eigenvalue weighted by molar-refractivity contribution is 7.90. The number of nitrogen functional groups attached to an aromatic ring is 1. The molecular formula is C15H18N4O5S. The van der Waals surface area contributed by atoms with Crippen molar-refractivity contribution in [1.82, 2.24) is 14.3 Å². The molecule has 2 N–H and O–H groups in total. The van der Waals surface area contributed by atoms with Crippen LogP contribution in [0.5, 0.6) is 0 Å². The lowest BCUT2D eigenvalue weighted by molar-refractivity contribution is 0.380. The fraction of sp³-hybridized carbons (Fsp3) is 0.267. The van der Waals surface area contributed by atoms with Crippen LogP contribution in [0.1, 0.15) is 31.0 Å². The fourth-order valence-corrected chi connectivity index (χ4v) is 3.67. The molecule has 0 radical (unpaired) electrons. The van der Waals surface area contributed by atoms with E-state index in [0.717, 1.165) is 5.56 Å². The SMILES string of the molecule is CC.Cc1onc(N)c1S(=O)(=O)n1c(Cc2ccccc2)noc1=O. The first-order valence-electron chi connectivity index (χ1n) is 7.50. The minimum atomic E-state index is -4.33. The molecule has 0 aliphatic heterocycles. The Morgan fingerprint density at radius 1 is 1.12 bits per heavy atom. The molecule has 2 heterocycles. The summed E-state index contributed by atoms with van der Waals surface area (Å²) < 4.78 is 35.2. The number of anilines is 1. The molecule has 1 aromatic carbocycles. The first-order valence-corrected chi connectivity index (χ1v) is 8.94. The van der Waals surface area contributed by atoms with E-state index < -0.39 is 15.8 Å². The van der Waals surface area contributed by atoms with Crippen molar-refractivity contribution in [2.75, 3.05) is 5.73 Å². The highest BCUT2D eigenvalue weighted by Gasteiger charge is 2.32. The van der Waals surface area contributed by atoms with Gasteiger partial charge in [0, 0.05) is 6.42 Å². The lowest BCUT2D eigenvalue weighted by Gasteiger charge is -2.05. The van der Waals surface area contributed by atoms with Crippen LogP contribution in [0.25, 0.3) is 0 Å². The van der Waals surface area contributed by atoms with Gasteiger partial charge in [0.05, 0.1) is 0 Å². The van der Waals surface area contributed by atoms with Crippen molar-refractivity contribution in [2.24, 2.45) is 0 Å². The summed E-state index contributed by atoms with van der Waals surface area (Å²) >= 11 is 0. The van der Waals surface area contributed by atoms with Crippen LogP contribution < -0.4 is 11.5 Å². The summed E-state index contributed by atoms with van der Waals surface area (Å²) in [5.41, 5.74) is 6.30. The Kier molecular flexibility index (Phi) is 5.42. The molecule has 0 unspecified atom stereocenters. The van der Waals surface area contributed by atoms with Crippen LogP contribution in [0.4, 0.5) is 5.82 Å². The lowest BCUT2D eigenvalue weighted by atomic mass is 10.1. The minimum absolute atomic E-state index is 0.0266. The molecule has 3 rings (SSSR count). The van der Waals surface area contributed by atoms with Gasteiger partial charge in [-0.3, -0.25) is 4.52 Å². The third kappa shape index (κ3) is 3.48. The largest absolute Gasteiger partial charge is 0.456 e. The van der Waals surface area contributed by atoms with Gasteiger partial charge < -0.3 is 10.3 Å². The van der Waals surface area contributed by atoms with Crippen LogP contribution in [-0.2, 0) is 16.4 Å². The molecule has 0 amide bonds. The van der Waals surface area contributed by atoms with Crippen LogP contribution in [-0.4, -0.2) is 22.7 Å². The molecule has 2 aromatic heterocycles. The Bertz CT molecular complexity index is 983. The van der Waals surface area contributed by atoms with Crippen molar-refractivity contribution in [2.45, 2.75) is 32.1 Å². The molecule has 0 saturated carbocycles. The van der Waals surface area contributed by atoms with Gasteiger partial charge in [0.1, 0.15) is 0 Å². The number of aryl methyl sites for hydroxylation is 1. The van der Waals surface area contributed by atoms with E-state index in [9.17, 15) is 13.2 Å². The summed E-state index contributed by atoms with van der Waals surface area (Å²) in [6.45, 7) is 5.38. The van der Waals surface area contributed by atoms with Crippen molar-refractivity contribution < 1.29 is 17.5 Å². The standard InChI is InChI=1S/C13H12N4O5S.C2H6/c1-8-11(12(14)16-21-8)23(19,20)17-10(15-22-13(17)18)7-9-5-3-2-4-6-9;1-2/h2-6H,7H2,1H3,(H2,14,16);1-2H3. The number of nitrogens with two attached hydrogens (primary N) is 1. The number of nitrogens with zero attached hydrogens (tertiary/aromatic N) is 3. The molecule has 0 aliphatic rings. The van der Waals surface area contributed by atoms with Gasteiger partial charge in [-0.1, -0.05) is 54.5 Å². The van der Waals surface area contributed by atoms with Crippen LogP contribution in [0.15, 0.2) is 49.1 Å². The second-order valence-electron chi connectivity index (χ2n) is 4.75. The number of rotatable bonds is 4. The third-order valence-corrected chi connectivity index (χ3v) is 5.02. The van der Waals surface area contributed by atoms with Crippen molar-refractivity contribution in [1.29, 1.82) is 0 Å². The van der Waals surface area contributed by atoms with Gasteiger partial charge >= 0.3 is 5.76 Å². The maximum atomic E-state index is 12.7. The molecule has 0 aliphatic carbocycles. The molecule has 0 fully saturated rings. The molecule has 134 valence electrons. The predicted octanol–water partition coefficient (Wildman–Crippen LogP) is 1.57. The maximum Gasteiger partial charge on any atom is 0.456 e. The normalized spacial score (nSPS) is 11.0. The van der Waals surface area contributed by atoms with E-state index in [2.05, 4.69) is 14.8 Å². The predicted molar refractivity (Wildman–Crippen MR) is 89.6 cm³/mol. The highest BCUT2D eigenvalue weighted by atomic mass is 32.2. The van der Waals surface area contributed by atoms with E-state index in [1.165, 1.54) is 6.92 Å². The van der Waals surface area contributed by atoms with Gasteiger partial charge in [0.25, 0.3) is 10.0 Å². The number of hydrogen-bond donors (Lipinski definition) is 1. The van der Waals surface area contributed by atoms with Crippen molar-refractivity contribution in [3.05, 3.63) is 58.0 Å². The van der Waals surface area contributed by atoms with Gasteiger partial charge in [-0.15, -0.1) is 3.97 Å². The van der Waals surface area contributed by atoms with Crippen LogP contribution >= 0.6 is 0 Å². The van der Waals surface area contributed by atoms with Gasteiger partial charge in [-0.05, 0) is 12.5 Å². The van der Waals surface area contributed by atoms with Gasteiger partial charge in [-0.2, -0.15) is 0 Å². The molecule has 9 nitrogen and oxygen atoms in total. The zero-order valence-electron chi connectivity index (χ0n) is 14.0. The topological polar surface area (TPSA) is 134 Å². The first kappa shape index (κ1) is 18.5. The Morgan fingerprint density at radius 2 is 1.76 bits per heavy atom. The van der Waals surface area contributed by atoms with Crippen molar-refractivity contribution in [3.8, 4) is 0 Å². The number of aromatic nitrogens is 3. The molecule has 0 bridgehead atoms. The summed E-state index contributed by atoms with van der Waals surface area (Å²) in [4.78, 5) is 11.5. The Hall–Kier alpha value is -2.88. The minimum Gasteiger partial charge on any atom is -0.380 e. The smallest absolute Gasteiger partial charge is 0.380 e. The second-order valence-corrected chi connectivity index (χ2v) is 6.47. The molecule has 25 heavy (non-hydrogen) atoms. The zero-order valence-corrected chi connectivity index (χ0v) is 14.8. The van der Waals surface area contributed by atoms with Crippen LogP contribution in [0, 0.1) is 6.92 Å². The molecule has 10 heteroatoms. The summed E-state index contributed by atoms with van der Waals surface area (Å²) in [6, 6.07) is 8.94. The van der Waals surface area contributed by atoms with Gasteiger partial charge in [-0.25, -0.2) is 13.2 Å². The van der Waals surface area contributed by atoms with E-state index in [-0.39, 0.29) is 28.7 Å². The lowest BCUT2D eigenvalue weighted by Crippen LogP contribution is -2.27. The summed E-state index contributed by atoms with van der Waals surface area (Å²) in [5, 5.41) is 6.94. The van der Waals surface area contributed by atoms with Crippen LogP contribution in [0.3, 0.4) is 0 Å². The summed E-state index contributed by atoms with van der Waals surface area (Å²) in [7, 11) is -4.33. The maximum absolute atomic E-state index is 12.7. The average molecular weight is 366 g/mol. The number of benzene rings is 1. The van der Waals surface area contributed by atoms with Gasteiger partial charge in [0.15, 0.2) is 22.3 Å². The van der Waals surface area contributed by atoms with E-state index in [1.807, 2.05) is 19.9 Å². The van der Waals surface area contributed by atoms with E-state index in [0.29, 0.717) is 3.97 Å². The molecular weight excluding hydrogens is 348 g/mol. The first-order chi connectivity index (χ1) is 11.9. The Balaban J connectivity index is 0.00000109. The average Bonchev–Trinajstić information content (AvgIpc) is 3.13. The van der Waals surface area contributed by atoms with E-state index in [4.69, 9.17) is 10.3 Å². The second kappa shape index (κ2) is 7.34. The molecule has 0 atom stereocenters. The highest BCUT2D eigenvalue weighted by Crippen LogP contribution is 2.24. The Morgan fingerprint density at radius 3 is 2.32 bits per heavy atom. The zero-order chi connectivity index (χ0) is 18.6. The molecule has 0 spiro atoms. The van der Waals surface area contributed by atoms with Gasteiger partial charge in [0.2, 0.25) is 0 Å². The third-order valence-electron chi connectivity index (χ3n) is 3.17. The van der Waals surface area contributed by atoms with Crippen molar-refractivity contribution >= 4 is 15.8 Å². The number of hydrogen-bond acceptors (Lipinski definition) is 8. The van der Waals surface area contributed by atoms with Crippen molar-refractivity contribution in [3.63, 3.8) is 0 Å². The summed E-state index contributed by atoms with van der Waals surface area (Å²) in [6.07, 6.45) is 0.0933. The summed E-state index contributed by atoms with van der Waals surface area (Å²) in [5.74, 6) is -1.56. The van der Waals surface area contributed by atoms with Crippen LogP contribution in [0.2, 0.25) is 0 Å². The fourth-order valence-electron chi connectivity index (χ4n) is 2.18. The molecule has 0 saturated heterocycles. The van der Waals surface area contributed by atoms with E-state index in [1.54, 1.807) is 24.3 Å².